The van der Waals surface area contributed by atoms with Crippen LogP contribution in [0.2, 0.25) is 0 Å². The number of nitrogens with one attached hydrogen (secondary N) is 1. The van der Waals surface area contributed by atoms with Gasteiger partial charge in [0.05, 0.1) is 6.04 Å². The Morgan fingerprint density at radius 2 is 2.33 bits per heavy atom. The van der Waals surface area contributed by atoms with E-state index in [1.807, 2.05) is 12.2 Å². The summed E-state index contributed by atoms with van der Waals surface area (Å²) in [7, 11) is 0. The molecule has 15 heavy (non-hydrogen) atoms. The Bertz CT molecular complexity index is 369. The molecule has 0 spiro atoms. The maximum atomic E-state index is 10.8. The molecule has 0 aromatic heterocycles. The van der Waals surface area contributed by atoms with Crippen LogP contribution in [0.15, 0.2) is 35.6 Å². The highest BCUT2D eigenvalue weighted by Crippen LogP contribution is 2.26. The van der Waals surface area contributed by atoms with Gasteiger partial charge in [-0.25, -0.2) is 4.79 Å². The van der Waals surface area contributed by atoms with Gasteiger partial charge >= 0.3 is 5.97 Å². The molecule has 0 aromatic carbocycles. The van der Waals surface area contributed by atoms with Crippen molar-refractivity contribution in [1.29, 1.82) is 0 Å². The molecular formula is C11H14N2O2. The Balaban J connectivity index is 2.14. The predicted octanol–water partition coefficient (Wildman–Crippen LogP) is 0.388. The zero-order valence-electron chi connectivity index (χ0n) is 8.31. The fourth-order valence-corrected chi connectivity index (χ4v) is 1.94. The summed E-state index contributed by atoms with van der Waals surface area (Å²) in [6.45, 7) is 0.622. The SMILES string of the molecule is NCCC1=CC2C=C(C(=O)O)NC2C=C1. The Labute approximate surface area is 88.2 Å². The van der Waals surface area contributed by atoms with Crippen LogP contribution in [0.3, 0.4) is 0 Å². The molecule has 0 aromatic rings. The molecule has 1 aliphatic carbocycles. The van der Waals surface area contributed by atoms with Crippen LogP contribution in [0.5, 0.6) is 0 Å². The molecule has 2 atom stereocenters. The van der Waals surface area contributed by atoms with E-state index in [9.17, 15) is 4.79 Å². The first kappa shape index (κ1) is 9.98. The minimum absolute atomic E-state index is 0.0950. The molecule has 1 heterocycles. The van der Waals surface area contributed by atoms with Gasteiger partial charge in [-0.15, -0.1) is 0 Å². The van der Waals surface area contributed by atoms with Crippen LogP contribution in [0.25, 0.3) is 0 Å². The smallest absolute Gasteiger partial charge is 0.351 e. The molecule has 2 rings (SSSR count). The molecule has 0 radical (unpaired) electrons. The van der Waals surface area contributed by atoms with E-state index in [1.165, 1.54) is 5.57 Å². The Hall–Kier alpha value is -1.55. The quantitative estimate of drug-likeness (QED) is 0.624. The Morgan fingerprint density at radius 1 is 1.53 bits per heavy atom. The molecule has 4 N–H and O–H groups in total. The normalized spacial score (nSPS) is 27.8. The van der Waals surface area contributed by atoms with Crippen LogP contribution in [0.1, 0.15) is 6.42 Å². The van der Waals surface area contributed by atoms with E-state index < -0.39 is 5.97 Å². The third-order valence-corrected chi connectivity index (χ3v) is 2.68. The zero-order chi connectivity index (χ0) is 10.8. The molecule has 0 saturated heterocycles. The van der Waals surface area contributed by atoms with Crippen molar-refractivity contribution >= 4 is 5.97 Å². The van der Waals surface area contributed by atoms with Crippen LogP contribution in [0.4, 0.5) is 0 Å². The fourth-order valence-electron chi connectivity index (χ4n) is 1.94. The highest BCUT2D eigenvalue weighted by molar-refractivity contribution is 5.86. The van der Waals surface area contributed by atoms with Gasteiger partial charge in [0, 0.05) is 5.92 Å². The molecule has 0 amide bonds. The van der Waals surface area contributed by atoms with Crippen LogP contribution in [-0.4, -0.2) is 23.7 Å². The van der Waals surface area contributed by atoms with Crippen molar-refractivity contribution in [2.45, 2.75) is 12.5 Å². The largest absolute Gasteiger partial charge is 0.477 e. The van der Waals surface area contributed by atoms with E-state index in [2.05, 4.69) is 11.4 Å². The van der Waals surface area contributed by atoms with Crippen molar-refractivity contribution in [2.75, 3.05) is 6.54 Å². The van der Waals surface area contributed by atoms with Crippen molar-refractivity contribution in [3.63, 3.8) is 0 Å². The van der Waals surface area contributed by atoms with Crippen molar-refractivity contribution in [2.24, 2.45) is 11.7 Å². The molecule has 80 valence electrons. The molecule has 0 saturated carbocycles. The number of hydrogen-bond donors (Lipinski definition) is 3. The van der Waals surface area contributed by atoms with Gasteiger partial charge < -0.3 is 16.2 Å². The fraction of sp³-hybridized carbons (Fsp3) is 0.364. The van der Waals surface area contributed by atoms with Gasteiger partial charge in [-0.3, -0.25) is 0 Å². The summed E-state index contributed by atoms with van der Waals surface area (Å²) in [5.41, 5.74) is 6.95. The van der Waals surface area contributed by atoms with E-state index in [0.29, 0.717) is 12.2 Å². The van der Waals surface area contributed by atoms with E-state index in [0.717, 1.165) is 6.42 Å². The molecule has 2 aliphatic rings. The monoisotopic (exact) mass is 206 g/mol. The standard InChI is InChI=1S/C11H14N2O2/c12-4-3-7-1-2-9-8(5-7)6-10(13-9)11(14)15/h1-2,5-6,8-9,13H,3-4,12H2,(H,14,15). The van der Waals surface area contributed by atoms with Gasteiger partial charge in [0.2, 0.25) is 0 Å². The first-order valence-corrected chi connectivity index (χ1v) is 5.01. The predicted molar refractivity (Wildman–Crippen MR) is 57.0 cm³/mol. The third-order valence-electron chi connectivity index (χ3n) is 2.68. The van der Waals surface area contributed by atoms with E-state index in [1.54, 1.807) is 6.08 Å². The number of carbonyl (C=O) groups is 1. The van der Waals surface area contributed by atoms with Crippen LogP contribution in [0, 0.1) is 5.92 Å². The first-order valence-electron chi connectivity index (χ1n) is 5.01. The lowest BCUT2D eigenvalue weighted by Gasteiger charge is -2.18. The second-order valence-electron chi connectivity index (χ2n) is 3.77. The lowest BCUT2D eigenvalue weighted by atomic mass is 9.92. The summed E-state index contributed by atoms with van der Waals surface area (Å²) in [5.74, 6) is -0.741. The summed E-state index contributed by atoms with van der Waals surface area (Å²) in [6.07, 6.45) is 8.70. The van der Waals surface area contributed by atoms with Crippen molar-refractivity contribution in [3.8, 4) is 0 Å². The zero-order valence-corrected chi connectivity index (χ0v) is 8.31. The van der Waals surface area contributed by atoms with Crippen LogP contribution in [-0.2, 0) is 4.79 Å². The highest BCUT2D eigenvalue weighted by Gasteiger charge is 2.28. The molecule has 4 nitrogen and oxygen atoms in total. The lowest BCUT2D eigenvalue weighted by Crippen LogP contribution is -2.29. The molecule has 4 heteroatoms. The lowest BCUT2D eigenvalue weighted by molar-refractivity contribution is -0.133. The number of allylic oxidation sites excluding steroid dienone is 1. The second-order valence-corrected chi connectivity index (χ2v) is 3.77. The Morgan fingerprint density at radius 3 is 3.00 bits per heavy atom. The van der Waals surface area contributed by atoms with Gasteiger partial charge in [-0.05, 0) is 19.0 Å². The topological polar surface area (TPSA) is 75.4 Å². The Kier molecular flexibility index (Phi) is 2.60. The third kappa shape index (κ3) is 1.94. The summed E-state index contributed by atoms with van der Waals surface area (Å²) < 4.78 is 0. The van der Waals surface area contributed by atoms with Gasteiger partial charge in [0.15, 0.2) is 0 Å². The number of carboxylic acid groups (broad SMARTS) is 1. The minimum Gasteiger partial charge on any atom is -0.477 e. The van der Waals surface area contributed by atoms with Gasteiger partial charge in [-0.1, -0.05) is 23.8 Å². The summed E-state index contributed by atoms with van der Waals surface area (Å²) in [4.78, 5) is 10.8. The molecule has 1 aliphatic heterocycles. The number of carboxylic acids is 1. The van der Waals surface area contributed by atoms with Crippen molar-refractivity contribution in [3.05, 3.63) is 35.6 Å². The molecule has 2 unspecified atom stereocenters. The van der Waals surface area contributed by atoms with Crippen LogP contribution >= 0.6 is 0 Å². The van der Waals surface area contributed by atoms with Crippen molar-refractivity contribution < 1.29 is 9.90 Å². The molecule has 0 bridgehead atoms. The van der Waals surface area contributed by atoms with Crippen molar-refractivity contribution in [1.82, 2.24) is 5.32 Å². The number of aliphatic carboxylic acids is 1. The summed E-state index contributed by atoms with van der Waals surface area (Å²) in [6, 6.07) is 0.0950. The molecular weight excluding hydrogens is 192 g/mol. The first-order chi connectivity index (χ1) is 7.20. The maximum Gasteiger partial charge on any atom is 0.351 e. The number of rotatable bonds is 3. The minimum atomic E-state index is -0.897. The average Bonchev–Trinajstić information content (AvgIpc) is 2.61. The summed E-state index contributed by atoms with van der Waals surface area (Å²) in [5, 5.41) is 11.8. The van der Waals surface area contributed by atoms with E-state index in [4.69, 9.17) is 10.8 Å². The second kappa shape index (κ2) is 3.90. The average molecular weight is 206 g/mol. The van der Waals surface area contributed by atoms with E-state index >= 15 is 0 Å². The van der Waals surface area contributed by atoms with E-state index in [-0.39, 0.29) is 12.0 Å². The number of hydrogen-bond acceptors (Lipinski definition) is 3. The van der Waals surface area contributed by atoms with Gasteiger partial charge in [-0.2, -0.15) is 0 Å². The number of nitrogens with two attached hydrogens (primary N) is 1. The maximum absolute atomic E-state index is 10.8. The van der Waals surface area contributed by atoms with Gasteiger partial charge in [0.25, 0.3) is 0 Å². The summed E-state index contributed by atoms with van der Waals surface area (Å²) >= 11 is 0. The highest BCUT2D eigenvalue weighted by atomic mass is 16.4. The number of fused-ring (bicyclic) bond motifs is 1. The van der Waals surface area contributed by atoms with Crippen LogP contribution < -0.4 is 11.1 Å². The van der Waals surface area contributed by atoms with Gasteiger partial charge in [0.1, 0.15) is 5.70 Å². The molecule has 0 fully saturated rings.